The lowest BCUT2D eigenvalue weighted by Crippen LogP contribution is -2.29. The predicted octanol–water partition coefficient (Wildman–Crippen LogP) is 4.59. The van der Waals surface area contributed by atoms with Crippen molar-refractivity contribution in [3.8, 4) is 0 Å². The maximum absolute atomic E-state index is 12.5. The largest absolute Gasteiger partial charge is 0.335 e. The smallest absolute Gasteiger partial charge is 0.254 e. The molecule has 2 rings (SSSR count). The Labute approximate surface area is 128 Å². The van der Waals surface area contributed by atoms with E-state index in [0.29, 0.717) is 0 Å². The zero-order valence-corrected chi connectivity index (χ0v) is 13.5. The van der Waals surface area contributed by atoms with Crippen molar-refractivity contribution < 1.29 is 4.79 Å². The summed E-state index contributed by atoms with van der Waals surface area (Å²) in [5.74, 6) is 0.0388. The highest BCUT2D eigenvalue weighted by molar-refractivity contribution is 9.10. The molecule has 1 amide bonds. The van der Waals surface area contributed by atoms with Crippen molar-refractivity contribution in [3.05, 3.63) is 69.7 Å². The van der Waals surface area contributed by atoms with Crippen molar-refractivity contribution in [1.29, 1.82) is 0 Å². The minimum atomic E-state index is 0.0388. The number of nitrogens with zero attached hydrogens (tertiary/aromatic N) is 1. The molecule has 1 atom stereocenters. The maximum Gasteiger partial charge on any atom is 0.254 e. The molecule has 0 aliphatic rings. The lowest BCUT2D eigenvalue weighted by Gasteiger charge is -2.25. The molecule has 1 unspecified atom stereocenters. The predicted molar refractivity (Wildman–Crippen MR) is 85.8 cm³/mol. The van der Waals surface area contributed by atoms with Crippen LogP contribution in [0, 0.1) is 6.92 Å². The van der Waals surface area contributed by atoms with Gasteiger partial charge in [0.2, 0.25) is 0 Å². The van der Waals surface area contributed by atoms with Crippen LogP contribution in [0.5, 0.6) is 0 Å². The first kappa shape index (κ1) is 14.8. The van der Waals surface area contributed by atoms with E-state index in [1.165, 1.54) is 0 Å². The van der Waals surface area contributed by atoms with Crippen LogP contribution in [0.1, 0.15) is 34.5 Å². The molecular weight excluding hydrogens is 314 g/mol. The van der Waals surface area contributed by atoms with Gasteiger partial charge in [0, 0.05) is 17.1 Å². The zero-order chi connectivity index (χ0) is 14.7. The van der Waals surface area contributed by atoms with Crippen LogP contribution in [0.25, 0.3) is 0 Å². The summed E-state index contributed by atoms with van der Waals surface area (Å²) < 4.78 is 1.02. The van der Waals surface area contributed by atoms with Gasteiger partial charge in [-0.1, -0.05) is 46.3 Å². The number of benzene rings is 2. The van der Waals surface area contributed by atoms with Crippen LogP contribution in [-0.4, -0.2) is 17.9 Å². The SMILES string of the molecule is Cc1cc(C(=O)N(C)C(C)c2ccccc2)ccc1Br. The third-order valence-electron chi connectivity index (χ3n) is 3.59. The molecule has 0 aliphatic carbocycles. The van der Waals surface area contributed by atoms with Crippen LogP contribution in [-0.2, 0) is 0 Å². The number of carbonyl (C=O) groups is 1. The molecular formula is C17H18BrNO. The number of carbonyl (C=O) groups excluding carboxylic acids is 1. The van der Waals surface area contributed by atoms with Crippen molar-refractivity contribution in [2.45, 2.75) is 19.9 Å². The number of hydrogen-bond acceptors (Lipinski definition) is 1. The zero-order valence-electron chi connectivity index (χ0n) is 11.9. The fraction of sp³-hybridized carbons (Fsp3) is 0.235. The molecule has 0 bridgehead atoms. The van der Waals surface area contributed by atoms with Gasteiger partial charge in [-0.3, -0.25) is 4.79 Å². The van der Waals surface area contributed by atoms with Crippen LogP contribution < -0.4 is 0 Å². The van der Waals surface area contributed by atoms with Gasteiger partial charge in [-0.05, 0) is 43.2 Å². The number of amides is 1. The highest BCUT2D eigenvalue weighted by Gasteiger charge is 2.19. The van der Waals surface area contributed by atoms with E-state index in [9.17, 15) is 4.79 Å². The van der Waals surface area contributed by atoms with Gasteiger partial charge in [0.15, 0.2) is 0 Å². The summed E-state index contributed by atoms with van der Waals surface area (Å²) in [4.78, 5) is 14.3. The lowest BCUT2D eigenvalue weighted by molar-refractivity contribution is 0.0742. The Bertz CT molecular complexity index is 610. The third kappa shape index (κ3) is 3.10. The van der Waals surface area contributed by atoms with Gasteiger partial charge < -0.3 is 4.90 Å². The Kier molecular flexibility index (Phi) is 4.61. The lowest BCUT2D eigenvalue weighted by atomic mass is 10.1. The summed E-state index contributed by atoms with van der Waals surface area (Å²) in [6.07, 6.45) is 0. The third-order valence-corrected chi connectivity index (χ3v) is 4.48. The number of aryl methyl sites for hydroxylation is 1. The van der Waals surface area contributed by atoms with Gasteiger partial charge in [0.1, 0.15) is 0 Å². The minimum Gasteiger partial charge on any atom is -0.335 e. The molecule has 104 valence electrons. The van der Waals surface area contributed by atoms with Gasteiger partial charge in [-0.25, -0.2) is 0 Å². The first-order valence-electron chi connectivity index (χ1n) is 6.59. The molecule has 0 radical (unpaired) electrons. The van der Waals surface area contributed by atoms with Crippen LogP contribution in [0.2, 0.25) is 0 Å². The Morgan fingerprint density at radius 2 is 1.80 bits per heavy atom. The quantitative estimate of drug-likeness (QED) is 0.805. The second-order valence-corrected chi connectivity index (χ2v) is 5.82. The van der Waals surface area contributed by atoms with E-state index in [1.54, 1.807) is 4.90 Å². The van der Waals surface area contributed by atoms with E-state index in [1.807, 2.05) is 69.4 Å². The normalized spacial score (nSPS) is 12.0. The summed E-state index contributed by atoms with van der Waals surface area (Å²) in [5.41, 5.74) is 2.92. The Hall–Kier alpha value is -1.61. The second-order valence-electron chi connectivity index (χ2n) is 4.97. The Balaban J connectivity index is 2.22. The molecule has 0 spiro atoms. The molecule has 0 aromatic heterocycles. The average molecular weight is 332 g/mol. The van der Waals surface area contributed by atoms with E-state index < -0.39 is 0 Å². The van der Waals surface area contributed by atoms with Gasteiger partial charge >= 0.3 is 0 Å². The van der Waals surface area contributed by atoms with Gasteiger partial charge in [0.25, 0.3) is 5.91 Å². The second kappa shape index (κ2) is 6.23. The molecule has 0 saturated heterocycles. The summed E-state index contributed by atoms with van der Waals surface area (Å²) in [7, 11) is 1.84. The van der Waals surface area contributed by atoms with Crippen molar-refractivity contribution in [3.63, 3.8) is 0 Å². The summed E-state index contributed by atoms with van der Waals surface area (Å²) in [6, 6.07) is 15.8. The van der Waals surface area contributed by atoms with E-state index in [0.717, 1.165) is 21.2 Å². The minimum absolute atomic E-state index is 0.0388. The molecule has 20 heavy (non-hydrogen) atoms. The molecule has 3 heteroatoms. The van der Waals surface area contributed by atoms with E-state index in [-0.39, 0.29) is 11.9 Å². The molecule has 0 aliphatic heterocycles. The maximum atomic E-state index is 12.5. The van der Waals surface area contributed by atoms with E-state index in [4.69, 9.17) is 0 Å². The van der Waals surface area contributed by atoms with Crippen LogP contribution >= 0.6 is 15.9 Å². The number of halogens is 1. The van der Waals surface area contributed by atoms with Crippen LogP contribution in [0.4, 0.5) is 0 Å². The fourth-order valence-electron chi connectivity index (χ4n) is 2.11. The van der Waals surface area contributed by atoms with Crippen molar-refractivity contribution in [2.24, 2.45) is 0 Å². The Morgan fingerprint density at radius 1 is 1.15 bits per heavy atom. The topological polar surface area (TPSA) is 20.3 Å². The monoisotopic (exact) mass is 331 g/mol. The number of rotatable bonds is 3. The first-order chi connectivity index (χ1) is 9.50. The molecule has 0 saturated carbocycles. The summed E-state index contributed by atoms with van der Waals surface area (Å²) in [6.45, 7) is 4.03. The Morgan fingerprint density at radius 3 is 2.40 bits per heavy atom. The number of hydrogen-bond donors (Lipinski definition) is 0. The summed E-state index contributed by atoms with van der Waals surface area (Å²) in [5, 5.41) is 0. The van der Waals surface area contributed by atoms with Gasteiger partial charge in [-0.2, -0.15) is 0 Å². The van der Waals surface area contributed by atoms with Crippen molar-refractivity contribution in [1.82, 2.24) is 4.90 Å². The van der Waals surface area contributed by atoms with Gasteiger partial charge in [-0.15, -0.1) is 0 Å². The van der Waals surface area contributed by atoms with Crippen LogP contribution in [0.3, 0.4) is 0 Å². The van der Waals surface area contributed by atoms with Crippen LogP contribution in [0.15, 0.2) is 53.0 Å². The molecule has 0 heterocycles. The fourth-order valence-corrected chi connectivity index (χ4v) is 2.36. The summed E-state index contributed by atoms with van der Waals surface area (Å²) >= 11 is 3.46. The highest BCUT2D eigenvalue weighted by Crippen LogP contribution is 2.22. The average Bonchev–Trinajstić information content (AvgIpc) is 2.48. The standard InChI is InChI=1S/C17H18BrNO/c1-12-11-15(9-10-16(12)18)17(20)19(3)13(2)14-7-5-4-6-8-14/h4-11,13H,1-3H3. The van der Waals surface area contributed by atoms with Gasteiger partial charge in [0.05, 0.1) is 6.04 Å². The molecule has 2 aromatic carbocycles. The molecule has 0 fully saturated rings. The van der Waals surface area contributed by atoms with E-state index in [2.05, 4.69) is 15.9 Å². The molecule has 2 nitrogen and oxygen atoms in total. The molecule has 2 aromatic rings. The van der Waals surface area contributed by atoms with E-state index >= 15 is 0 Å². The first-order valence-corrected chi connectivity index (χ1v) is 7.38. The van der Waals surface area contributed by atoms with Crippen molar-refractivity contribution in [2.75, 3.05) is 7.05 Å². The van der Waals surface area contributed by atoms with Crippen molar-refractivity contribution >= 4 is 21.8 Å². The highest BCUT2D eigenvalue weighted by atomic mass is 79.9. The molecule has 0 N–H and O–H groups in total.